The molecule has 1 amide bonds. The van der Waals surface area contributed by atoms with Crippen LogP contribution in [0.15, 0.2) is 33.7 Å². The van der Waals surface area contributed by atoms with Crippen molar-refractivity contribution >= 4 is 51.8 Å². The number of guanidine groups is 1. The Balaban J connectivity index is 0.00000312. The lowest BCUT2D eigenvalue weighted by Crippen LogP contribution is -2.43. The SMILES string of the molecule is CCNC(=NCC(C)(C)C(N)=O)NCC1(c2ccccc2Br)CC1.I. The minimum absolute atomic E-state index is 0. The summed E-state index contributed by atoms with van der Waals surface area (Å²) in [6, 6.07) is 8.38. The molecule has 0 aromatic heterocycles. The average Bonchev–Trinajstić information content (AvgIpc) is 3.31. The van der Waals surface area contributed by atoms with E-state index in [4.69, 9.17) is 5.73 Å². The Kier molecular flexibility index (Phi) is 8.18. The van der Waals surface area contributed by atoms with E-state index in [2.05, 4.69) is 49.8 Å². The third kappa shape index (κ3) is 5.84. The monoisotopic (exact) mass is 522 g/mol. The van der Waals surface area contributed by atoms with Crippen LogP contribution >= 0.6 is 39.9 Å². The maximum absolute atomic E-state index is 11.4. The summed E-state index contributed by atoms with van der Waals surface area (Å²) in [5, 5.41) is 6.66. The van der Waals surface area contributed by atoms with E-state index in [0.717, 1.165) is 36.4 Å². The van der Waals surface area contributed by atoms with E-state index in [1.807, 2.05) is 26.8 Å². The number of carbonyl (C=O) groups excluding carboxylic acids is 1. The van der Waals surface area contributed by atoms with Crippen molar-refractivity contribution in [3.63, 3.8) is 0 Å². The van der Waals surface area contributed by atoms with Crippen LogP contribution in [-0.2, 0) is 10.2 Å². The summed E-state index contributed by atoms with van der Waals surface area (Å²) in [4.78, 5) is 16.0. The Hall–Kier alpha value is -0.830. The first-order chi connectivity index (χ1) is 11.3. The van der Waals surface area contributed by atoms with E-state index in [0.29, 0.717) is 6.54 Å². The van der Waals surface area contributed by atoms with Crippen LogP contribution in [0.1, 0.15) is 39.2 Å². The van der Waals surface area contributed by atoms with E-state index in [1.54, 1.807) is 0 Å². The number of rotatable bonds is 7. The van der Waals surface area contributed by atoms with Crippen LogP contribution in [0.2, 0.25) is 0 Å². The number of carbonyl (C=O) groups is 1. The van der Waals surface area contributed by atoms with E-state index in [-0.39, 0.29) is 35.3 Å². The molecule has 0 spiro atoms. The number of aliphatic imine (C=N–C) groups is 1. The fraction of sp³-hybridized carbons (Fsp3) is 0.556. The van der Waals surface area contributed by atoms with Gasteiger partial charge in [-0.25, -0.2) is 0 Å². The Labute approximate surface area is 175 Å². The lowest BCUT2D eigenvalue weighted by Gasteiger charge is -2.22. The minimum atomic E-state index is -0.651. The summed E-state index contributed by atoms with van der Waals surface area (Å²) < 4.78 is 1.15. The second-order valence-electron chi connectivity index (χ2n) is 7.06. The van der Waals surface area contributed by atoms with Crippen LogP contribution in [0.5, 0.6) is 0 Å². The second-order valence-corrected chi connectivity index (χ2v) is 7.91. The molecule has 1 fully saturated rings. The molecule has 7 heteroatoms. The van der Waals surface area contributed by atoms with Crippen LogP contribution in [0, 0.1) is 5.41 Å². The predicted octanol–water partition coefficient (Wildman–Crippen LogP) is 3.17. The van der Waals surface area contributed by atoms with Gasteiger partial charge in [0.2, 0.25) is 5.91 Å². The van der Waals surface area contributed by atoms with E-state index >= 15 is 0 Å². The third-order valence-corrected chi connectivity index (χ3v) is 5.23. The lowest BCUT2D eigenvalue weighted by molar-refractivity contribution is -0.125. The van der Waals surface area contributed by atoms with Gasteiger partial charge in [-0.3, -0.25) is 9.79 Å². The number of nitrogens with two attached hydrogens (primary N) is 1. The molecule has 0 aliphatic heterocycles. The van der Waals surface area contributed by atoms with Crippen molar-refractivity contribution in [3.05, 3.63) is 34.3 Å². The largest absolute Gasteiger partial charge is 0.369 e. The van der Waals surface area contributed by atoms with Gasteiger partial charge in [0.05, 0.1) is 12.0 Å². The number of hydrogen-bond acceptors (Lipinski definition) is 2. The first kappa shape index (κ1) is 22.2. The van der Waals surface area contributed by atoms with Gasteiger partial charge in [-0.1, -0.05) is 34.1 Å². The smallest absolute Gasteiger partial charge is 0.224 e. The normalized spacial score (nSPS) is 15.9. The van der Waals surface area contributed by atoms with E-state index in [1.165, 1.54) is 5.56 Å². The highest BCUT2D eigenvalue weighted by Gasteiger charge is 2.45. The van der Waals surface area contributed by atoms with Crippen molar-refractivity contribution in [1.29, 1.82) is 0 Å². The van der Waals surface area contributed by atoms with Gasteiger partial charge in [-0.05, 0) is 45.2 Å². The van der Waals surface area contributed by atoms with Crippen LogP contribution in [0.4, 0.5) is 0 Å². The highest BCUT2D eigenvalue weighted by Crippen LogP contribution is 2.49. The molecule has 1 aliphatic carbocycles. The molecular weight excluding hydrogens is 495 g/mol. The number of nitrogens with one attached hydrogen (secondary N) is 2. The molecule has 0 atom stereocenters. The quantitative estimate of drug-likeness (QED) is 0.292. The molecule has 4 N–H and O–H groups in total. The molecule has 1 aromatic carbocycles. The van der Waals surface area contributed by atoms with Crippen LogP contribution in [0.3, 0.4) is 0 Å². The topological polar surface area (TPSA) is 79.5 Å². The van der Waals surface area contributed by atoms with Gasteiger partial charge in [0, 0.05) is 23.0 Å². The Morgan fingerprint density at radius 2 is 1.96 bits per heavy atom. The molecular formula is C18H28BrIN4O. The Morgan fingerprint density at radius 1 is 1.32 bits per heavy atom. The molecule has 1 saturated carbocycles. The van der Waals surface area contributed by atoms with Crippen molar-refractivity contribution in [1.82, 2.24) is 10.6 Å². The Morgan fingerprint density at radius 3 is 2.48 bits per heavy atom. The molecule has 0 saturated heterocycles. The van der Waals surface area contributed by atoms with Gasteiger partial charge < -0.3 is 16.4 Å². The summed E-state index contributed by atoms with van der Waals surface area (Å²) >= 11 is 3.66. The Bertz CT molecular complexity index is 629. The molecule has 0 bridgehead atoms. The van der Waals surface area contributed by atoms with Gasteiger partial charge >= 0.3 is 0 Å². The second kappa shape index (κ2) is 9.21. The van der Waals surface area contributed by atoms with E-state index < -0.39 is 5.41 Å². The molecule has 0 radical (unpaired) electrons. The summed E-state index contributed by atoms with van der Waals surface area (Å²) in [5.41, 5.74) is 6.27. The maximum atomic E-state index is 11.4. The van der Waals surface area contributed by atoms with E-state index in [9.17, 15) is 4.79 Å². The van der Waals surface area contributed by atoms with Crippen LogP contribution < -0.4 is 16.4 Å². The summed E-state index contributed by atoms with van der Waals surface area (Å²) in [7, 11) is 0. The third-order valence-electron chi connectivity index (χ3n) is 4.54. The van der Waals surface area contributed by atoms with Crippen molar-refractivity contribution in [2.45, 2.75) is 39.0 Å². The number of primary amides is 1. The minimum Gasteiger partial charge on any atom is -0.369 e. The highest BCUT2D eigenvalue weighted by atomic mass is 127. The van der Waals surface area contributed by atoms with Gasteiger partial charge in [0.1, 0.15) is 0 Å². The van der Waals surface area contributed by atoms with Crippen molar-refractivity contribution in [2.75, 3.05) is 19.6 Å². The zero-order valence-electron chi connectivity index (χ0n) is 15.1. The van der Waals surface area contributed by atoms with Gasteiger partial charge in [-0.2, -0.15) is 0 Å². The molecule has 2 rings (SSSR count). The average molecular weight is 523 g/mol. The number of nitrogens with zero attached hydrogens (tertiary/aromatic N) is 1. The molecule has 5 nitrogen and oxygen atoms in total. The summed E-state index contributed by atoms with van der Waals surface area (Å²) in [6.07, 6.45) is 2.32. The summed E-state index contributed by atoms with van der Waals surface area (Å²) in [5.74, 6) is 0.388. The highest BCUT2D eigenvalue weighted by molar-refractivity contribution is 14.0. The van der Waals surface area contributed by atoms with Crippen molar-refractivity contribution in [3.8, 4) is 0 Å². The van der Waals surface area contributed by atoms with Crippen molar-refractivity contribution < 1.29 is 4.79 Å². The van der Waals surface area contributed by atoms with Crippen molar-refractivity contribution in [2.24, 2.45) is 16.1 Å². The van der Waals surface area contributed by atoms with Gasteiger partial charge in [0.25, 0.3) is 0 Å². The number of benzene rings is 1. The predicted molar refractivity (Wildman–Crippen MR) is 117 cm³/mol. The number of amides is 1. The first-order valence-electron chi connectivity index (χ1n) is 8.38. The summed E-state index contributed by atoms with van der Waals surface area (Å²) in [6.45, 7) is 7.60. The molecule has 0 unspecified atom stereocenters. The maximum Gasteiger partial charge on any atom is 0.224 e. The first-order valence-corrected chi connectivity index (χ1v) is 9.17. The van der Waals surface area contributed by atoms with Gasteiger partial charge in [-0.15, -0.1) is 24.0 Å². The van der Waals surface area contributed by atoms with Gasteiger partial charge in [0.15, 0.2) is 5.96 Å². The molecule has 1 aromatic rings. The fourth-order valence-corrected chi connectivity index (χ4v) is 3.24. The standard InChI is InChI=1S/C18H27BrN4O.HI/c1-4-21-16(22-11-17(2,3)15(20)24)23-12-18(9-10-18)13-7-5-6-8-14(13)19;/h5-8H,4,9-12H2,1-3H3,(H2,20,24)(H2,21,22,23);1H. The lowest BCUT2D eigenvalue weighted by atomic mass is 9.93. The molecule has 1 aliphatic rings. The number of halogens is 2. The number of hydrogen-bond donors (Lipinski definition) is 3. The molecule has 0 heterocycles. The zero-order chi connectivity index (χ0) is 17.8. The fourth-order valence-electron chi connectivity index (χ4n) is 2.53. The van der Waals surface area contributed by atoms with Crippen LogP contribution in [0.25, 0.3) is 0 Å². The molecule has 140 valence electrons. The van der Waals surface area contributed by atoms with Crippen LogP contribution in [-0.4, -0.2) is 31.5 Å². The molecule has 25 heavy (non-hydrogen) atoms. The zero-order valence-corrected chi connectivity index (χ0v) is 19.0.